The molecule has 80 valence electrons. The molecule has 1 heterocycles. The molecule has 1 aromatic heterocycles. The number of hydrogen-bond donors (Lipinski definition) is 0. The summed E-state index contributed by atoms with van der Waals surface area (Å²) in [6.07, 6.45) is 5.00. The van der Waals surface area contributed by atoms with Crippen LogP contribution in [0.1, 0.15) is 12.8 Å². The van der Waals surface area contributed by atoms with Gasteiger partial charge in [-0.25, -0.2) is 0 Å². The second-order valence-electron chi connectivity index (χ2n) is 3.61. The van der Waals surface area contributed by atoms with E-state index in [-0.39, 0.29) is 18.0 Å². The third kappa shape index (κ3) is 2.26. The van der Waals surface area contributed by atoms with Gasteiger partial charge in [0.25, 0.3) is 0 Å². The molecule has 0 N–H and O–H groups in total. The number of esters is 1. The van der Waals surface area contributed by atoms with Crippen molar-refractivity contribution in [2.45, 2.75) is 18.9 Å². The fourth-order valence-corrected chi connectivity index (χ4v) is 1.63. The molecule has 0 atom stereocenters. The average molecular weight is 207 g/mol. The molecule has 0 radical (unpaired) electrons. The van der Waals surface area contributed by atoms with Crippen molar-refractivity contribution in [2.24, 2.45) is 5.92 Å². The van der Waals surface area contributed by atoms with Crippen LogP contribution in [-0.4, -0.2) is 24.2 Å². The zero-order valence-corrected chi connectivity index (χ0v) is 8.55. The molecule has 2 rings (SSSR count). The largest absolute Gasteiger partial charge is 0.490 e. The van der Waals surface area contributed by atoms with Crippen LogP contribution in [0.5, 0.6) is 5.75 Å². The third-order valence-corrected chi connectivity index (χ3v) is 2.58. The molecule has 4 heteroatoms. The van der Waals surface area contributed by atoms with Crippen LogP contribution in [-0.2, 0) is 9.53 Å². The summed E-state index contributed by atoms with van der Waals surface area (Å²) in [5.41, 5.74) is 0. The maximum atomic E-state index is 11.1. The first kappa shape index (κ1) is 9.96. The van der Waals surface area contributed by atoms with E-state index in [1.165, 1.54) is 7.11 Å². The van der Waals surface area contributed by atoms with Crippen LogP contribution in [0, 0.1) is 5.92 Å². The SMILES string of the molecule is COC(=O)[C@H]1C[C@H](Oc2ccncc2)C1. The number of pyridine rings is 1. The standard InChI is InChI=1S/C11H13NO3/c1-14-11(13)8-6-10(7-8)15-9-2-4-12-5-3-9/h2-5,8,10H,6-7H2,1H3/t8-,10-. The molecule has 1 aliphatic rings. The van der Waals surface area contributed by atoms with E-state index < -0.39 is 0 Å². The zero-order chi connectivity index (χ0) is 10.7. The molecule has 0 spiro atoms. The topological polar surface area (TPSA) is 48.4 Å². The van der Waals surface area contributed by atoms with Crippen LogP contribution in [0.4, 0.5) is 0 Å². The zero-order valence-electron chi connectivity index (χ0n) is 8.55. The van der Waals surface area contributed by atoms with E-state index >= 15 is 0 Å². The second kappa shape index (κ2) is 4.29. The van der Waals surface area contributed by atoms with Crippen molar-refractivity contribution in [1.29, 1.82) is 0 Å². The van der Waals surface area contributed by atoms with Gasteiger partial charge in [-0.1, -0.05) is 0 Å². The van der Waals surface area contributed by atoms with Crippen LogP contribution in [0.15, 0.2) is 24.5 Å². The summed E-state index contributed by atoms with van der Waals surface area (Å²) in [5.74, 6) is 0.685. The molecular weight excluding hydrogens is 194 g/mol. The molecule has 1 aromatic rings. The Morgan fingerprint density at radius 1 is 1.40 bits per heavy atom. The molecule has 0 aliphatic heterocycles. The summed E-state index contributed by atoms with van der Waals surface area (Å²) in [5, 5.41) is 0. The molecule has 0 unspecified atom stereocenters. The lowest BCUT2D eigenvalue weighted by Crippen LogP contribution is -2.38. The van der Waals surface area contributed by atoms with Gasteiger partial charge in [0.05, 0.1) is 13.0 Å². The van der Waals surface area contributed by atoms with Crippen molar-refractivity contribution < 1.29 is 14.3 Å². The first-order chi connectivity index (χ1) is 7.29. The Bertz CT molecular complexity index is 333. The number of carbonyl (C=O) groups excluding carboxylic acids is 1. The molecule has 0 amide bonds. The molecule has 1 fully saturated rings. The number of hydrogen-bond acceptors (Lipinski definition) is 4. The molecular formula is C11H13NO3. The lowest BCUT2D eigenvalue weighted by atomic mass is 9.82. The quantitative estimate of drug-likeness (QED) is 0.703. The van der Waals surface area contributed by atoms with Gasteiger partial charge in [-0.3, -0.25) is 9.78 Å². The Morgan fingerprint density at radius 3 is 2.67 bits per heavy atom. The first-order valence-corrected chi connectivity index (χ1v) is 4.94. The van der Waals surface area contributed by atoms with Gasteiger partial charge in [0.15, 0.2) is 0 Å². The molecule has 0 aromatic carbocycles. The normalized spacial score (nSPS) is 24.1. The summed E-state index contributed by atoms with van der Waals surface area (Å²) in [6.45, 7) is 0. The third-order valence-electron chi connectivity index (χ3n) is 2.58. The maximum absolute atomic E-state index is 11.1. The van der Waals surface area contributed by atoms with Gasteiger partial charge < -0.3 is 9.47 Å². The predicted molar refractivity (Wildman–Crippen MR) is 53.4 cm³/mol. The fourth-order valence-electron chi connectivity index (χ4n) is 1.63. The van der Waals surface area contributed by atoms with Crippen molar-refractivity contribution in [2.75, 3.05) is 7.11 Å². The number of aromatic nitrogens is 1. The Hall–Kier alpha value is -1.58. The smallest absolute Gasteiger partial charge is 0.308 e. The van der Waals surface area contributed by atoms with Crippen molar-refractivity contribution >= 4 is 5.97 Å². The van der Waals surface area contributed by atoms with E-state index in [4.69, 9.17) is 4.74 Å². The Labute approximate surface area is 88.2 Å². The van der Waals surface area contributed by atoms with Crippen molar-refractivity contribution in [3.8, 4) is 5.75 Å². The predicted octanol–water partition coefficient (Wildman–Crippen LogP) is 1.41. The maximum Gasteiger partial charge on any atom is 0.308 e. The van der Waals surface area contributed by atoms with Crippen LogP contribution in [0.25, 0.3) is 0 Å². The summed E-state index contributed by atoms with van der Waals surface area (Å²) in [6, 6.07) is 3.62. The van der Waals surface area contributed by atoms with Gasteiger partial charge >= 0.3 is 5.97 Å². The fraction of sp³-hybridized carbons (Fsp3) is 0.455. The lowest BCUT2D eigenvalue weighted by Gasteiger charge is -2.33. The number of methoxy groups -OCH3 is 1. The van der Waals surface area contributed by atoms with E-state index in [0.29, 0.717) is 0 Å². The summed E-state index contributed by atoms with van der Waals surface area (Å²) in [7, 11) is 1.42. The molecule has 15 heavy (non-hydrogen) atoms. The van der Waals surface area contributed by atoms with E-state index in [9.17, 15) is 4.79 Å². The van der Waals surface area contributed by atoms with E-state index in [0.717, 1.165) is 18.6 Å². The molecule has 1 aliphatic carbocycles. The van der Waals surface area contributed by atoms with E-state index in [1.807, 2.05) is 12.1 Å². The highest BCUT2D eigenvalue weighted by atomic mass is 16.5. The monoisotopic (exact) mass is 207 g/mol. The number of nitrogens with zero attached hydrogens (tertiary/aromatic N) is 1. The number of rotatable bonds is 3. The van der Waals surface area contributed by atoms with Gasteiger partial charge in [-0.05, 0) is 25.0 Å². The van der Waals surface area contributed by atoms with Crippen LogP contribution in [0.2, 0.25) is 0 Å². The molecule has 1 saturated carbocycles. The van der Waals surface area contributed by atoms with Crippen molar-refractivity contribution in [3.05, 3.63) is 24.5 Å². The number of ether oxygens (including phenoxy) is 2. The summed E-state index contributed by atoms with van der Waals surface area (Å²) < 4.78 is 10.3. The Morgan fingerprint density at radius 2 is 2.07 bits per heavy atom. The molecule has 4 nitrogen and oxygen atoms in total. The summed E-state index contributed by atoms with van der Waals surface area (Å²) >= 11 is 0. The minimum Gasteiger partial charge on any atom is -0.490 e. The summed E-state index contributed by atoms with van der Waals surface area (Å²) in [4.78, 5) is 15.0. The van der Waals surface area contributed by atoms with Crippen molar-refractivity contribution in [1.82, 2.24) is 4.98 Å². The van der Waals surface area contributed by atoms with Crippen molar-refractivity contribution in [3.63, 3.8) is 0 Å². The van der Waals surface area contributed by atoms with Gasteiger partial charge in [0.1, 0.15) is 11.9 Å². The molecule has 0 bridgehead atoms. The second-order valence-corrected chi connectivity index (χ2v) is 3.61. The van der Waals surface area contributed by atoms with Crippen LogP contribution in [0.3, 0.4) is 0 Å². The van der Waals surface area contributed by atoms with E-state index in [1.54, 1.807) is 12.4 Å². The average Bonchev–Trinajstić information content (AvgIpc) is 2.23. The van der Waals surface area contributed by atoms with Gasteiger partial charge in [-0.2, -0.15) is 0 Å². The lowest BCUT2D eigenvalue weighted by molar-refractivity contribution is -0.151. The van der Waals surface area contributed by atoms with Gasteiger partial charge in [0.2, 0.25) is 0 Å². The van der Waals surface area contributed by atoms with Crippen LogP contribution >= 0.6 is 0 Å². The highest BCUT2D eigenvalue weighted by Gasteiger charge is 2.36. The van der Waals surface area contributed by atoms with E-state index in [2.05, 4.69) is 9.72 Å². The highest BCUT2D eigenvalue weighted by Crippen LogP contribution is 2.31. The first-order valence-electron chi connectivity index (χ1n) is 4.94. The van der Waals surface area contributed by atoms with Gasteiger partial charge in [0, 0.05) is 12.4 Å². The van der Waals surface area contributed by atoms with Crippen LogP contribution < -0.4 is 4.74 Å². The Kier molecular flexibility index (Phi) is 2.85. The minimum absolute atomic E-state index is 0.0156. The Balaban J connectivity index is 1.79. The minimum atomic E-state index is -0.135. The van der Waals surface area contributed by atoms with Gasteiger partial charge in [-0.15, -0.1) is 0 Å². The number of carbonyl (C=O) groups is 1. The highest BCUT2D eigenvalue weighted by molar-refractivity contribution is 5.73. The molecule has 0 saturated heterocycles.